The van der Waals surface area contributed by atoms with E-state index in [1.165, 1.54) is 12.3 Å². The van der Waals surface area contributed by atoms with E-state index in [0.29, 0.717) is 28.7 Å². The Balaban J connectivity index is 1.79. The summed E-state index contributed by atoms with van der Waals surface area (Å²) in [5.41, 5.74) is 2.14. The highest BCUT2D eigenvalue weighted by molar-refractivity contribution is 6.31. The van der Waals surface area contributed by atoms with E-state index < -0.39 is 18.8 Å². The number of aromatic nitrogens is 1. The van der Waals surface area contributed by atoms with Crippen LogP contribution in [0.15, 0.2) is 47.2 Å². The number of pyridine rings is 1. The third-order valence-corrected chi connectivity index (χ3v) is 4.80. The second-order valence-electron chi connectivity index (χ2n) is 6.38. The Morgan fingerprint density at radius 1 is 1.43 bits per heavy atom. The van der Waals surface area contributed by atoms with Crippen molar-refractivity contribution >= 4 is 23.8 Å². The Hall–Kier alpha value is -2.61. The molecular formula is C19H16ClF3N2O3. The Labute approximate surface area is 164 Å². The van der Waals surface area contributed by atoms with E-state index in [4.69, 9.17) is 11.6 Å². The first kappa shape index (κ1) is 20.1. The van der Waals surface area contributed by atoms with Crippen LogP contribution in [0.5, 0.6) is 5.88 Å². The number of halogens is 4. The number of carbonyl (C=O) groups is 2. The highest BCUT2D eigenvalue weighted by Crippen LogP contribution is 2.35. The number of amides is 1. The minimum atomic E-state index is -4.50. The lowest BCUT2D eigenvalue weighted by atomic mass is 10.0. The number of hydrogen-bond donors (Lipinski definition) is 0. The number of aldehydes is 1. The van der Waals surface area contributed by atoms with Crippen LogP contribution in [0.4, 0.5) is 13.2 Å². The number of nitrogens with zero attached hydrogens (tertiary/aromatic N) is 2. The van der Waals surface area contributed by atoms with E-state index in [9.17, 15) is 22.8 Å². The molecule has 1 amide bonds. The minimum Gasteiger partial charge on any atom is -0.467 e. The molecule has 2 aliphatic rings. The van der Waals surface area contributed by atoms with Gasteiger partial charge in [-0.25, -0.2) is 4.98 Å². The second-order valence-corrected chi connectivity index (χ2v) is 6.78. The van der Waals surface area contributed by atoms with Crippen molar-refractivity contribution < 1.29 is 27.5 Å². The molecule has 3 rings (SSSR count). The van der Waals surface area contributed by atoms with Gasteiger partial charge in [-0.2, -0.15) is 13.2 Å². The van der Waals surface area contributed by atoms with Gasteiger partial charge in [0.05, 0.1) is 6.04 Å². The minimum absolute atomic E-state index is 0.0804. The first-order valence-electron chi connectivity index (χ1n) is 8.42. The topological polar surface area (TPSA) is 59.5 Å². The van der Waals surface area contributed by atoms with Crippen molar-refractivity contribution in [3.8, 4) is 5.88 Å². The van der Waals surface area contributed by atoms with Gasteiger partial charge < -0.3 is 9.64 Å². The summed E-state index contributed by atoms with van der Waals surface area (Å²) >= 11 is 6.00. The Bertz CT molecular complexity index is 906. The average Bonchev–Trinajstić information content (AvgIpc) is 2.83. The summed E-state index contributed by atoms with van der Waals surface area (Å²) in [4.78, 5) is 29.6. The third kappa shape index (κ3) is 4.11. The quantitative estimate of drug-likeness (QED) is 0.687. The van der Waals surface area contributed by atoms with Gasteiger partial charge in [-0.05, 0) is 30.5 Å². The first-order valence-corrected chi connectivity index (χ1v) is 8.80. The largest absolute Gasteiger partial charge is 0.467 e. The molecule has 2 heterocycles. The summed E-state index contributed by atoms with van der Waals surface area (Å²) in [6.07, 6.45) is 3.40. The fourth-order valence-electron chi connectivity index (χ4n) is 3.07. The lowest BCUT2D eigenvalue weighted by Crippen LogP contribution is -2.30. The Morgan fingerprint density at radius 2 is 2.18 bits per heavy atom. The molecule has 0 saturated carbocycles. The van der Waals surface area contributed by atoms with Crippen LogP contribution in [0, 0.1) is 0 Å². The average molecular weight is 413 g/mol. The summed E-state index contributed by atoms with van der Waals surface area (Å²) < 4.78 is 41.4. The second kappa shape index (κ2) is 7.79. The molecule has 28 heavy (non-hydrogen) atoms. The molecule has 0 bridgehead atoms. The zero-order valence-electron chi connectivity index (χ0n) is 14.8. The van der Waals surface area contributed by atoms with Crippen molar-refractivity contribution in [2.75, 3.05) is 13.2 Å². The molecule has 9 heteroatoms. The zero-order valence-corrected chi connectivity index (χ0v) is 15.5. The number of alkyl halides is 3. The summed E-state index contributed by atoms with van der Waals surface area (Å²) in [6.45, 7) is 0.499. The van der Waals surface area contributed by atoms with Gasteiger partial charge in [0.25, 0.3) is 5.91 Å². The summed E-state index contributed by atoms with van der Waals surface area (Å²) in [5.74, 6) is -0.562. The van der Waals surface area contributed by atoms with Gasteiger partial charge in [0.1, 0.15) is 11.3 Å². The van der Waals surface area contributed by atoms with Crippen LogP contribution in [0.2, 0.25) is 5.02 Å². The number of rotatable bonds is 5. The van der Waals surface area contributed by atoms with Gasteiger partial charge in [0, 0.05) is 23.9 Å². The molecular weight excluding hydrogens is 397 g/mol. The van der Waals surface area contributed by atoms with Gasteiger partial charge in [-0.1, -0.05) is 29.8 Å². The van der Waals surface area contributed by atoms with Crippen molar-refractivity contribution in [3.05, 3.63) is 57.8 Å². The third-order valence-electron chi connectivity index (χ3n) is 4.53. The van der Waals surface area contributed by atoms with E-state index in [-0.39, 0.29) is 23.4 Å². The summed E-state index contributed by atoms with van der Waals surface area (Å²) in [6, 6.07) is 0.969. The predicted molar refractivity (Wildman–Crippen MR) is 95.9 cm³/mol. The van der Waals surface area contributed by atoms with Crippen molar-refractivity contribution in [3.63, 3.8) is 0 Å². The Kier molecular flexibility index (Phi) is 5.60. The highest BCUT2D eigenvalue weighted by atomic mass is 35.5. The molecule has 1 aliphatic heterocycles. The fourth-order valence-corrected chi connectivity index (χ4v) is 3.30. The molecule has 0 N–H and O–H groups in total. The van der Waals surface area contributed by atoms with Crippen LogP contribution in [0.3, 0.4) is 0 Å². The molecule has 5 nitrogen and oxygen atoms in total. The first-order chi connectivity index (χ1) is 13.2. The number of allylic oxidation sites excluding steroid dienone is 2. The van der Waals surface area contributed by atoms with Gasteiger partial charge in [0.15, 0.2) is 6.61 Å². The monoisotopic (exact) mass is 412 g/mol. The number of hydrogen-bond acceptors (Lipinski definition) is 4. The van der Waals surface area contributed by atoms with E-state index >= 15 is 0 Å². The van der Waals surface area contributed by atoms with Crippen LogP contribution in [0.25, 0.3) is 0 Å². The number of carbonyl (C=O) groups excluding carboxylic acids is 2. The van der Waals surface area contributed by atoms with E-state index in [2.05, 4.69) is 9.72 Å². The van der Waals surface area contributed by atoms with Crippen LogP contribution in [-0.2, 0) is 9.59 Å². The molecule has 148 valence electrons. The highest BCUT2D eigenvalue weighted by Gasteiger charge is 2.35. The summed E-state index contributed by atoms with van der Waals surface area (Å²) in [5, 5.41) is -0.0804. The smallest absolute Gasteiger partial charge is 0.422 e. The lowest BCUT2D eigenvalue weighted by Gasteiger charge is -2.26. The molecule has 1 unspecified atom stereocenters. The van der Waals surface area contributed by atoms with E-state index in [1.54, 1.807) is 24.0 Å². The van der Waals surface area contributed by atoms with E-state index in [0.717, 1.165) is 6.29 Å². The molecule has 0 radical (unpaired) electrons. The molecule has 1 aromatic rings. The Morgan fingerprint density at radius 3 is 2.82 bits per heavy atom. The molecule has 0 saturated heterocycles. The van der Waals surface area contributed by atoms with Crippen LogP contribution >= 0.6 is 11.6 Å². The molecule has 0 spiro atoms. The maximum Gasteiger partial charge on any atom is 0.422 e. The van der Waals surface area contributed by atoms with Gasteiger partial charge in [0.2, 0.25) is 5.88 Å². The molecule has 0 aromatic carbocycles. The van der Waals surface area contributed by atoms with Gasteiger partial charge in [-0.3, -0.25) is 9.59 Å². The molecule has 1 atom stereocenters. The van der Waals surface area contributed by atoms with E-state index in [1.807, 2.05) is 6.08 Å². The normalized spacial score (nSPS) is 18.0. The maximum absolute atomic E-state index is 12.8. The van der Waals surface area contributed by atoms with Crippen LogP contribution < -0.4 is 4.74 Å². The summed E-state index contributed by atoms with van der Waals surface area (Å²) in [7, 11) is 0. The standard InChI is InChI=1S/C19H16ClF3N2O3/c1-11(13-6-16(20)17(24-7-13)28-10-19(21,22)23)25-8-15-12(9-26)4-2-3-5-14(15)18(25)27/h3-7,9,11H,2,8,10H2,1H3. The van der Waals surface area contributed by atoms with Crippen molar-refractivity contribution in [2.45, 2.75) is 25.6 Å². The lowest BCUT2D eigenvalue weighted by molar-refractivity contribution is -0.154. The van der Waals surface area contributed by atoms with Crippen molar-refractivity contribution in [2.24, 2.45) is 0 Å². The fraction of sp³-hybridized carbons (Fsp3) is 0.316. The maximum atomic E-state index is 12.8. The molecule has 0 fully saturated rings. The van der Waals surface area contributed by atoms with Gasteiger partial charge >= 0.3 is 6.18 Å². The van der Waals surface area contributed by atoms with Crippen LogP contribution in [0.1, 0.15) is 24.9 Å². The van der Waals surface area contributed by atoms with Crippen molar-refractivity contribution in [1.29, 1.82) is 0 Å². The SMILES string of the molecule is CC(c1cnc(OCC(F)(F)F)c(Cl)c1)N1CC2=C(C=CCC=C2C=O)C1=O. The zero-order chi connectivity index (χ0) is 20.5. The van der Waals surface area contributed by atoms with Crippen LogP contribution in [-0.4, -0.2) is 41.4 Å². The van der Waals surface area contributed by atoms with Crippen molar-refractivity contribution in [1.82, 2.24) is 9.88 Å². The number of ether oxygens (including phenoxy) is 1. The molecule has 1 aromatic heterocycles. The molecule has 1 aliphatic carbocycles. The predicted octanol–water partition coefficient (Wildman–Crippen LogP) is 3.96. The van der Waals surface area contributed by atoms with Gasteiger partial charge in [-0.15, -0.1) is 0 Å².